The van der Waals surface area contributed by atoms with Crippen molar-refractivity contribution >= 4 is 22.7 Å². The zero-order chi connectivity index (χ0) is 20.8. The van der Waals surface area contributed by atoms with E-state index in [1.807, 2.05) is 31.4 Å². The van der Waals surface area contributed by atoms with Crippen molar-refractivity contribution in [2.75, 3.05) is 24.2 Å². The zero-order valence-corrected chi connectivity index (χ0v) is 17.4. The van der Waals surface area contributed by atoms with Crippen LogP contribution in [0.5, 0.6) is 0 Å². The van der Waals surface area contributed by atoms with Crippen LogP contribution in [0.4, 0.5) is 11.8 Å². The summed E-state index contributed by atoms with van der Waals surface area (Å²) in [4.78, 5) is 13.6. The fourth-order valence-electron chi connectivity index (χ4n) is 3.31. The normalized spacial score (nSPS) is 11.0. The topological polar surface area (TPSA) is 79.7 Å². The lowest BCUT2D eigenvalue weighted by Crippen LogP contribution is -2.13. The average Bonchev–Trinajstić information content (AvgIpc) is 3.26. The molecule has 3 N–H and O–H groups in total. The highest BCUT2D eigenvalue weighted by Gasteiger charge is 2.09. The predicted molar refractivity (Wildman–Crippen MR) is 122 cm³/mol. The fraction of sp³-hybridized carbons (Fsp3) is 0.261. The molecule has 0 fully saturated rings. The van der Waals surface area contributed by atoms with E-state index in [2.05, 4.69) is 79.1 Å². The van der Waals surface area contributed by atoms with Crippen LogP contribution in [0.15, 0.2) is 61.1 Å². The van der Waals surface area contributed by atoms with E-state index in [-0.39, 0.29) is 0 Å². The molecule has 0 radical (unpaired) electrons. The second-order valence-electron chi connectivity index (χ2n) is 7.13. The van der Waals surface area contributed by atoms with Crippen molar-refractivity contribution in [3.8, 4) is 5.69 Å². The third kappa shape index (κ3) is 4.58. The van der Waals surface area contributed by atoms with Gasteiger partial charge < -0.3 is 20.5 Å². The van der Waals surface area contributed by atoms with E-state index in [4.69, 9.17) is 0 Å². The first-order valence-electron chi connectivity index (χ1n) is 10.3. The number of nitrogens with one attached hydrogen (secondary N) is 3. The minimum atomic E-state index is 0.616. The van der Waals surface area contributed by atoms with Gasteiger partial charge in [0, 0.05) is 56.3 Å². The SMILES string of the molecule is CCCNc1nc(NC)nc2cc(-n3ccc(CNCc4ccccn4)c3)ccc12. The summed E-state index contributed by atoms with van der Waals surface area (Å²) in [5.41, 5.74) is 4.24. The van der Waals surface area contributed by atoms with Crippen molar-refractivity contribution in [1.82, 2.24) is 24.8 Å². The Morgan fingerprint density at radius 1 is 1.03 bits per heavy atom. The van der Waals surface area contributed by atoms with Crippen LogP contribution >= 0.6 is 0 Å². The van der Waals surface area contributed by atoms with E-state index in [0.717, 1.165) is 54.2 Å². The summed E-state index contributed by atoms with van der Waals surface area (Å²) in [6.45, 7) is 4.55. The molecule has 0 aliphatic rings. The maximum absolute atomic E-state index is 4.64. The van der Waals surface area contributed by atoms with Crippen molar-refractivity contribution in [2.24, 2.45) is 0 Å². The number of hydrogen-bond donors (Lipinski definition) is 3. The van der Waals surface area contributed by atoms with Crippen LogP contribution in [0.3, 0.4) is 0 Å². The molecule has 0 atom stereocenters. The Morgan fingerprint density at radius 3 is 2.77 bits per heavy atom. The van der Waals surface area contributed by atoms with Crippen LogP contribution in [0, 0.1) is 0 Å². The Bertz CT molecular complexity index is 1110. The maximum Gasteiger partial charge on any atom is 0.224 e. The number of hydrogen-bond acceptors (Lipinski definition) is 6. The van der Waals surface area contributed by atoms with Gasteiger partial charge in [0.15, 0.2) is 0 Å². The molecule has 0 aliphatic heterocycles. The Morgan fingerprint density at radius 2 is 1.97 bits per heavy atom. The lowest BCUT2D eigenvalue weighted by molar-refractivity contribution is 0.679. The molecule has 30 heavy (non-hydrogen) atoms. The lowest BCUT2D eigenvalue weighted by Gasteiger charge is -2.11. The first-order valence-corrected chi connectivity index (χ1v) is 10.3. The molecule has 0 aliphatic carbocycles. The van der Waals surface area contributed by atoms with Crippen LogP contribution in [0.2, 0.25) is 0 Å². The fourth-order valence-corrected chi connectivity index (χ4v) is 3.31. The van der Waals surface area contributed by atoms with Crippen LogP contribution in [-0.4, -0.2) is 33.1 Å². The molecule has 4 rings (SSSR count). The summed E-state index contributed by atoms with van der Waals surface area (Å²) < 4.78 is 2.12. The van der Waals surface area contributed by atoms with Crippen molar-refractivity contribution < 1.29 is 0 Å². The number of benzene rings is 1. The highest BCUT2D eigenvalue weighted by molar-refractivity contribution is 5.91. The molecule has 7 heteroatoms. The summed E-state index contributed by atoms with van der Waals surface area (Å²) >= 11 is 0. The molecule has 1 aromatic carbocycles. The van der Waals surface area contributed by atoms with Gasteiger partial charge in [0.25, 0.3) is 0 Å². The number of anilines is 2. The molecular weight excluding hydrogens is 374 g/mol. The number of aromatic nitrogens is 4. The Hall–Kier alpha value is -3.45. The summed E-state index contributed by atoms with van der Waals surface area (Å²) in [6.07, 6.45) is 7.08. The number of pyridine rings is 1. The first-order chi connectivity index (χ1) is 14.8. The summed E-state index contributed by atoms with van der Waals surface area (Å²) in [5.74, 6) is 1.48. The van der Waals surface area contributed by atoms with Gasteiger partial charge in [-0.3, -0.25) is 4.98 Å². The summed E-state index contributed by atoms with van der Waals surface area (Å²) in [5, 5.41) is 10.9. The smallest absolute Gasteiger partial charge is 0.224 e. The van der Waals surface area contributed by atoms with Crippen LogP contribution in [-0.2, 0) is 13.1 Å². The van der Waals surface area contributed by atoms with Crippen LogP contribution in [0.1, 0.15) is 24.6 Å². The zero-order valence-electron chi connectivity index (χ0n) is 17.4. The van der Waals surface area contributed by atoms with Crippen LogP contribution in [0.25, 0.3) is 16.6 Å². The lowest BCUT2D eigenvalue weighted by atomic mass is 10.2. The van der Waals surface area contributed by atoms with Crippen molar-refractivity contribution in [2.45, 2.75) is 26.4 Å². The van der Waals surface area contributed by atoms with E-state index < -0.39 is 0 Å². The second-order valence-corrected chi connectivity index (χ2v) is 7.13. The highest BCUT2D eigenvalue weighted by Crippen LogP contribution is 2.25. The van der Waals surface area contributed by atoms with E-state index >= 15 is 0 Å². The van der Waals surface area contributed by atoms with Gasteiger partial charge in [-0.05, 0) is 48.4 Å². The maximum atomic E-state index is 4.64. The van der Waals surface area contributed by atoms with Gasteiger partial charge in [-0.1, -0.05) is 13.0 Å². The van der Waals surface area contributed by atoms with E-state index in [9.17, 15) is 0 Å². The first kappa shape index (κ1) is 19.8. The minimum Gasteiger partial charge on any atom is -0.369 e. The quantitative estimate of drug-likeness (QED) is 0.394. The van der Waals surface area contributed by atoms with E-state index in [1.54, 1.807) is 0 Å². The summed E-state index contributed by atoms with van der Waals surface area (Å²) in [7, 11) is 1.84. The van der Waals surface area contributed by atoms with Gasteiger partial charge in [-0.25, -0.2) is 4.98 Å². The molecule has 7 nitrogen and oxygen atoms in total. The average molecular weight is 402 g/mol. The third-order valence-corrected chi connectivity index (χ3v) is 4.86. The predicted octanol–water partition coefficient (Wildman–Crippen LogP) is 3.97. The molecule has 0 saturated heterocycles. The molecule has 3 aromatic heterocycles. The van der Waals surface area contributed by atoms with Gasteiger partial charge in [0.1, 0.15) is 5.82 Å². The van der Waals surface area contributed by atoms with Gasteiger partial charge in [-0.2, -0.15) is 4.98 Å². The number of fused-ring (bicyclic) bond motifs is 1. The van der Waals surface area contributed by atoms with Crippen molar-refractivity contribution in [1.29, 1.82) is 0 Å². The van der Waals surface area contributed by atoms with Crippen LogP contribution < -0.4 is 16.0 Å². The largest absolute Gasteiger partial charge is 0.369 e. The molecule has 0 saturated carbocycles. The monoisotopic (exact) mass is 401 g/mol. The standard InChI is InChI=1S/C23H27N7/c1-3-10-27-22-20-8-7-19(13-21(20)28-23(24-2)29-22)30-12-9-17(16-30)14-25-15-18-6-4-5-11-26-18/h4-9,11-13,16,25H,3,10,14-15H2,1-2H3,(H2,24,27,28,29). The molecule has 0 bridgehead atoms. The highest BCUT2D eigenvalue weighted by atomic mass is 15.1. The van der Waals surface area contributed by atoms with Crippen molar-refractivity contribution in [3.05, 3.63) is 72.3 Å². The van der Waals surface area contributed by atoms with Gasteiger partial charge in [0.05, 0.1) is 11.2 Å². The van der Waals surface area contributed by atoms with Gasteiger partial charge in [-0.15, -0.1) is 0 Å². The van der Waals surface area contributed by atoms with Crippen molar-refractivity contribution in [3.63, 3.8) is 0 Å². The number of nitrogens with zero attached hydrogens (tertiary/aromatic N) is 4. The molecule has 154 valence electrons. The molecular formula is C23H27N7. The third-order valence-electron chi connectivity index (χ3n) is 4.86. The Labute approximate surface area is 176 Å². The van der Waals surface area contributed by atoms with Gasteiger partial charge in [0.2, 0.25) is 5.95 Å². The molecule has 0 spiro atoms. The van der Waals surface area contributed by atoms with E-state index in [1.165, 1.54) is 5.56 Å². The minimum absolute atomic E-state index is 0.616. The van der Waals surface area contributed by atoms with E-state index in [0.29, 0.717) is 5.95 Å². The Kier molecular flexibility index (Phi) is 6.20. The molecule has 0 unspecified atom stereocenters. The second kappa shape index (κ2) is 9.37. The molecule has 3 heterocycles. The molecule has 0 amide bonds. The molecule has 4 aromatic rings. The Balaban J connectivity index is 1.51. The summed E-state index contributed by atoms with van der Waals surface area (Å²) in [6, 6.07) is 14.4. The van der Waals surface area contributed by atoms with Gasteiger partial charge >= 0.3 is 0 Å². The number of rotatable bonds is 9.